The molecular weight excluding hydrogens is 548 g/mol. The van der Waals surface area contributed by atoms with Gasteiger partial charge in [-0.05, 0) is 48.5 Å². The Balaban J connectivity index is 0.00000441. The Labute approximate surface area is 233 Å². The fourth-order valence-corrected chi connectivity index (χ4v) is 4.14. The van der Waals surface area contributed by atoms with E-state index in [-0.39, 0.29) is 35.8 Å². The molecule has 2 atom stereocenters. The van der Waals surface area contributed by atoms with Gasteiger partial charge in [0.15, 0.2) is 0 Å². The highest BCUT2D eigenvalue weighted by molar-refractivity contribution is 6.18. The lowest BCUT2D eigenvalue weighted by Crippen LogP contribution is -2.44. The van der Waals surface area contributed by atoms with E-state index < -0.39 is 64.2 Å². The summed E-state index contributed by atoms with van der Waals surface area (Å²) in [5.74, 6) is -5.58. The number of ether oxygens (including phenoxy) is 2. The van der Waals surface area contributed by atoms with Crippen molar-refractivity contribution in [3.05, 3.63) is 82.4 Å². The van der Waals surface area contributed by atoms with E-state index >= 15 is 0 Å². The highest BCUT2D eigenvalue weighted by Crippen LogP contribution is 2.35. The number of halogens is 1. The molecular formula is C27H25ClN2O10. The van der Waals surface area contributed by atoms with Gasteiger partial charge in [0, 0.05) is 18.7 Å². The number of carbonyl (C=O) groups is 4. The predicted octanol–water partition coefficient (Wildman–Crippen LogP) is 1.88. The number of phenols is 4. The second-order valence-electron chi connectivity index (χ2n) is 8.64. The molecule has 0 aliphatic carbocycles. The molecule has 1 saturated heterocycles. The minimum Gasteiger partial charge on any atom is -0.508 e. The normalized spacial score (nSPS) is 15.9. The maximum Gasteiger partial charge on any atom is 0.338 e. The zero-order valence-corrected chi connectivity index (χ0v) is 21.7. The van der Waals surface area contributed by atoms with Crippen LogP contribution in [0.1, 0.15) is 47.0 Å². The second kappa shape index (κ2) is 12.4. The van der Waals surface area contributed by atoms with Crippen LogP contribution in [0.25, 0.3) is 0 Å². The molecule has 4 rings (SSSR count). The Morgan fingerprint density at radius 2 is 1.48 bits per heavy atom. The maximum atomic E-state index is 13.1. The van der Waals surface area contributed by atoms with Crippen molar-refractivity contribution in [2.45, 2.75) is 12.1 Å². The molecule has 0 aromatic heterocycles. The van der Waals surface area contributed by atoms with Gasteiger partial charge < -0.3 is 40.5 Å². The topological polar surface area (TPSA) is 192 Å². The van der Waals surface area contributed by atoms with Crippen LogP contribution in [0.4, 0.5) is 0 Å². The summed E-state index contributed by atoms with van der Waals surface area (Å²) < 4.78 is 10.1. The molecule has 1 fully saturated rings. The van der Waals surface area contributed by atoms with Crippen molar-refractivity contribution in [2.75, 3.05) is 20.2 Å². The number of methoxy groups -OCH3 is 1. The first-order valence-corrected chi connectivity index (χ1v) is 11.6. The number of phenolic OH excluding ortho intramolecular Hbond substituents is 4. The number of nitrogens with one attached hydrogen (secondary N) is 2. The maximum absolute atomic E-state index is 13.1. The highest BCUT2D eigenvalue weighted by atomic mass is 35.5. The van der Waals surface area contributed by atoms with Crippen molar-refractivity contribution in [3.8, 4) is 23.0 Å². The van der Waals surface area contributed by atoms with Crippen LogP contribution in [0.5, 0.6) is 23.0 Å². The predicted molar refractivity (Wildman–Crippen MR) is 141 cm³/mol. The Kier molecular flexibility index (Phi) is 9.19. The van der Waals surface area contributed by atoms with Crippen molar-refractivity contribution < 1.29 is 49.1 Å². The molecule has 1 heterocycles. The largest absolute Gasteiger partial charge is 0.508 e. The summed E-state index contributed by atoms with van der Waals surface area (Å²) in [4.78, 5) is 50.6. The van der Waals surface area contributed by atoms with Crippen molar-refractivity contribution in [1.82, 2.24) is 10.6 Å². The van der Waals surface area contributed by atoms with Crippen LogP contribution >= 0.6 is 12.4 Å². The van der Waals surface area contributed by atoms with Crippen molar-refractivity contribution in [2.24, 2.45) is 0 Å². The lowest BCUT2D eigenvalue weighted by molar-refractivity contribution is 0.0282. The summed E-state index contributed by atoms with van der Waals surface area (Å²) in [5, 5.41) is 46.4. The highest BCUT2D eigenvalue weighted by Gasteiger charge is 2.33. The van der Waals surface area contributed by atoms with Crippen molar-refractivity contribution in [1.29, 1.82) is 0 Å². The standard InChI is InChI=1S/C27H24N2O10.ClH/c1-38-27(37)16-3-2-4-18(31)22(16)24(34)23-19(32)9-14(10-20(23)33)26(36)39-21-12-28-11-17(21)29-25(35)13-5-7-15(30)8-6-13;/h2-10,17,21,28,30-33H,11-12H2,1H3,(H,29,35);1H. The van der Waals surface area contributed by atoms with Crippen LogP contribution in [-0.2, 0) is 9.47 Å². The molecule has 1 amide bonds. The smallest absolute Gasteiger partial charge is 0.338 e. The van der Waals surface area contributed by atoms with E-state index in [0.717, 1.165) is 25.3 Å². The molecule has 6 N–H and O–H groups in total. The number of rotatable bonds is 7. The Morgan fingerprint density at radius 1 is 0.825 bits per heavy atom. The Morgan fingerprint density at radius 3 is 2.10 bits per heavy atom. The van der Waals surface area contributed by atoms with Gasteiger partial charge in [0.1, 0.15) is 34.7 Å². The third-order valence-electron chi connectivity index (χ3n) is 6.10. The van der Waals surface area contributed by atoms with E-state index in [9.17, 15) is 39.6 Å². The van der Waals surface area contributed by atoms with E-state index in [1.807, 2.05) is 0 Å². The van der Waals surface area contributed by atoms with E-state index in [0.29, 0.717) is 12.1 Å². The van der Waals surface area contributed by atoms with E-state index in [2.05, 4.69) is 15.4 Å². The SMILES string of the molecule is COC(=O)c1cccc(O)c1C(=O)c1c(O)cc(C(=O)OC2CNCC2NC(=O)c2ccc(O)cc2)cc1O.Cl. The molecule has 0 saturated carbocycles. The van der Waals surface area contributed by atoms with Gasteiger partial charge in [-0.25, -0.2) is 9.59 Å². The molecule has 3 aromatic rings. The Hall–Kier alpha value is -4.81. The summed E-state index contributed by atoms with van der Waals surface area (Å²) in [6.45, 7) is 0.513. The van der Waals surface area contributed by atoms with Crippen LogP contribution < -0.4 is 10.6 Å². The van der Waals surface area contributed by atoms with Crippen LogP contribution in [-0.4, -0.2) is 76.4 Å². The Bertz CT molecular complexity index is 1440. The molecule has 3 aromatic carbocycles. The monoisotopic (exact) mass is 572 g/mol. The van der Waals surface area contributed by atoms with Crippen LogP contribution in [0.3, 0.4) is 0 Å². The van der Waals surface area contributed by atoms with Gasteiger partial charge >= 0.3 is 11.9 Å². The fourth-order valence-electron chi connectivity index (χ4n) is 4.14. The summed E-state index contributed by atoms with van der Waals surface area (Å²) in [6.07, 6.45) is -0.798. The second-order valence-corrected chi connectivity index (χ2v) is 8.64. The lowest BCUT2D eigenvalue weighted by atomic mass is 9.95. The molecule has 12 nitrogen and oxygen atoms in total. The van der Waals surface area contributed by atoms with Gasteiger partial charge in [0.2, 0.25) is 5.78 Å². The number of carbonyl (C=O) groups excluding carboxylic acids is 4. The van der Waals surface area contributed by atoms with E-state index in [1.165, 1.54) is 36.4 Å². The van der Waals surface area contributed by atoms with Crippen LogP contribution in [0.2, 0.25) is 0 Å². The van der Waals surface area contributed by atoms with Crippen LogP contribution in [0, 0.1) is 0 Å². The number of esters is 2. The number of hydrogen-bond donors (Lipinski definition) is 6. The van der Waals surface area contributed by atoms with Gasteiger partial charge in [-0.2, -0.15) is 0 Å². The van der Waals surface area contributed by atoms with E-state index in [1.54, 1.807) is 0 Å². The minimum absolute atomic E-state index is 0. The quantitative estimate of drug-likeness (QED) is 0.179. The van der Waals surface area contributed by atoms with Gasteiger partial charge in [-0.3, -0.25) is 9.59 Å². The molecule has 1 aliphatic rings. The molecule has 0 spiro atoms. The number of aromatic hydroxyl groups is 4. The van der Waals surface area contributed by atoms with Gasteiger partial charge in [0.25, 0.3) is 5.91 Å². The number of benzene rings is 3. The molecule has 2 unspecified atom stereocenters. The number of amides is 1. The average Bonchev–Trinajstić information content (AvgIpc) is 3.33. The third-order valence-corrected chi connectivity index (χ3v) is 6.10. The first kappa shape index (κ1) is 29.7. The summed E-state index contributed by atoms with van der Waals surface area (Å²) in [6, 6.07) is 10.5. The van der Waals surface area contributed by atoms with Crippen LogP contribution in [0.15, 0.2) is 54.6 Å². The molecule has 210 valence electrons. The zero-order chi connectivity index (χ0) is 28.3. The molecule has 13 heteroatoms. The number of ketones is 1. The fraction of sp³-hybridized carbons (Fsp3) is 0.185. The molecule has 0 radical (unpaired) electrons. The summed E-state index contributed by atoms with van der Waals surface area (Å²) >= 11 is 0. The van der Waals surface area contributed by atoms with Crippen molar-refractivity contribution in [3.63, 3.8) is 0 Å². The molecule has 0 bridgehead atoms. The van der Waals surface area contributed by atoms with Crippen molar-refractivity contribution >= 4 is 36.0 Å². The van der Waals surface area contributed by atoms with Gasteiger partial charge in [-0.15, -0.1) is 12.4 Å². The average molecular weight is 573 g/mol. The first-order valence-electron chi connectivity index (χ1n) is 11.6. The lowest BCUT2D eigenvalue weighted by Gasteiger charge is -2.21. The van der Waals surface area contributed by atoms with Gasteiger partial charge in [0.05, 0.1) is 29.8 Å². The summed E-state index contributed by atoms with van der Waals surface area (Å²) in [5.41, 5.74) is -1.45. The molecule has 40 heavy (non-hydrogen) atoms. The third kappa shape index (κ3) is 6.08. The molecule has 1 aliphatic heterocycles. The zero-order valence-electron chi connectivity index (χ0n) is 20.9. The van der Waals surface area contributed by atoms with Gasteiger partial charge in [-0.1, -0.05) is 6.07 Å². The summed E-state index contributed by atoms with van der Waals surface area (Å²) in [7, 11) is 1.08. The van der Waals surface area contributed by atoms with E-state index in [4.69, 9.17) is 4.74 Å². The number of hydrogen-bond acceptors (Lipinski definition) is 11. The minimum atomic E-state index is -1.08. The first-order chi connectivity index (χ1) is 18.6.